The highest BCUT2D eigenvalue weighted by atomic mass is 35.5. The molecule has 56 heavy (non-hydrogen) atoms. The number of amides is 4. The molecule has 2 aromatic heterocycles. The summed E-state index contributed by atoms with van der Waals surface area (Å²) in [6.45, 7) is 4.75. The summed E-state index contributed by atoms with van der Waals surface area (Å²) in [5.41, 5.74) is 1.95. The number of halogens is 2. The number of nitrogens with one attached hydrogen (secondary N) is 2. The number of hydrogen-bond donors (Lipinski definition) is 2. The van der Waals surface area contributed by atoms with E-state index in [2.05, 4.69) is 41.6 Å². The standard InChI is InChI=1S/C40H44ClFN10O4/c41-34-19-32(4-1-26(34)20-43)56-31-5-2-29(3-6-31)47-38(54)27-21-44-39(45-22-27)50-14-7-25(8-15-50)24-49-12-9-30(10-13-49)52-36-18-28(42)17-35(33(36)23-46-52)51-16-11-37(53)48-40(51)55/h1,4,17-19,21-23,25,29-31H,2-3,5-16,24H2,(H,47,54)(H,48,53,55). The van der Waals surface area contributed by atoms with E-state index in [0.29, 0.717) is 50.4 Å². The summed E-state index contributed by atoms with van der Waals surface area (Å²) in [7, 11) is 0. The molecule has 2 aromatic carbocycles. The van der Waals surface area contributed by atoms with Crippen molar-refractivity contribution in [1.29, 1.82) is 5.26 Å². The van der Waals surface area contributed by atoms with Gasteiger partial charge in [-0.3, -0.25) is 24.5 Å². The van der Waals surface area contributed by atoms with Gasteiger partial charge in [-0.1, -0.05) is 11.6 Å². The Morgan fingerprint density at radius 1 is 0.964 bits per heavy atom. The number of urea groups is 1. The summed E-state index contributed by atoms with van der Waals surface area (Å²) in [6, 6.07) is 9.58. The van der Waals surface area contributed by atoms with Gasteiger partial charge in [0.05, 0.1) is 45.7 Å². The number of anilines is 2. The van der Waals surface area contributed by atoms with Gasteiger partial charge >= 0.3 is 6.03 Å². The number of rotatable bonds is 9. The third-order valence-corrected chi connectivity index (χ3v) is 11.9. The lowest BCUT2D eigenvalue weighted by atomic mass is 9.92. The molecule has 2 N–H and O–H groups in total. The molecule has 4 amide bonds. The Kier molecular flexibility index (Phi) is 11.0. The number of benzene rings is 2. The van der Waals surface area contributed by atoms with Gasteiger partial charge in [0.25, 0.3) is 5.91 Å². The molecule has 0 bridgehead atoms. The minimum atomic E-state index is -0.544. The predicted octanol–water partition coefficient (Wildman–Crippen LogP) is 5.61. The van der Waals surface area contributed by atoms with Crippen molar-refractivity contribution in [3.8, 4) is 11.8 Å². The van der Waals surface area contributed by atoms with Gasteiger partial charge in [-0.2, -0.15) is 10.4 Å². The van der Waals surface area contributed by atoms with E-state index in [9.17, 15) is 18.8 Å². The first-order valence-electron chi connectivity index (χ1n) is 19.5. The van der Waals surface area contributed by atoms with Crippen LogP contribution in [-0.4, -0.2) is 93.9 Å². The molecule has 0 unspecified atom stereocenters. The lowest BCUT2D eigenvalue weighted by Crippen LogP contribution is -2.49. The van der Waals surface area contributed by atoms with Crippen LogP contribution >= 0.6 is 11.6 Å². The van der Waals surface area contributed by atoms with Crippen molar-refractivity contribution in [2.75, 3.05) is 49.1 Å². The summed E-state index contributed by atoms with van der Waals surface area (Å²) in [6.07, 6.45) is 12.1. The Morgan fingerprint density at radius 2 is 1.71 bits per heavy atom. The lowest BCUT2D eigenvalue weighted by molar-refractivity contribution is -0.120. The van der Waals surface area contributed by atoms with Crippen LogP contribution < -0.4 is 25.2 Å². The summed E-state index contributed by atoms with van der Waals surface area (Å²) < 4.78 is 22.8. The Labute approximate surface area is 328 Å². The minimum Gasteiger partial charge on any atom is -0.490 e. The number of carbonyl (C=O) groups is 3. The van der Waals surface area contributed by atoms with Crippen LogP contribution in [0.25, 0.3) is 10.9 Å². The van der Waals surface area contributed by atoms with E-state index in [0.717, 1.165) is 84.1 Å². The highest BCUT2D eigenvalue weighted by Crippen LogP contribution is 2.34. The van der Waals surface area contributed by atoms with Crippen LogP contribution in [0.5, 0.6) is 5.75 Å². The molecule has 0 radical (unpaired) electrons. The van der Waals surface area contributed by atoms with Crippen LogP contribution in [-0.2, 0) is 4.79 Å². The van der Waals surface area contributed by atoms with Gasteiger partial charge < -0.3 is 19.9 Å². The van der Waals surface area contributed by atoms with Gasteiger partial charge in [0.1, 0.15) is 17.6 Å². The second-order valence-electron chi connectivity index (χ2n) is 15.3. The monoisotopic (exact) mass is 782 g/mol. The third kappa shape index (κ3) is 8.27. The van der Waals surface area contributed by atoms with E-state index < -0.39 is 11.8 Å². The molecule has 3 saturated heterocycles. The average molecular weight is 783 g/mol. The predicted molar refractivity (Wildman–Crippen MR) is 207 cm³/mol. The number of hydrogen-bond acceptors (Lipinski definition) is 10. The number of imide groups is 1. The molecule has 5 heterocycles. The molecule has 292 valence electrons. The second kappa shape index (κ2) is 16.4. The van der Waals surface area contributed by atoms with Gasteiger partial charge in [0, 0.05) is 75.6 Å². The maximum absolute atomic E-state index is 14.8. The number of likely N-dealkylation sites (tertiary alicyclic amines) is 1. The first-order valence-corrected chi connectivity index (χ1v) is 19.8. The van der Waals surface area contributed by atoms with E-state index in [1.54, 1.807) is 36.8 Å². The number of ether oxygens (including phenoxy) is 1. The maximum Gasteiger partial charge on any atom is 0.328 e. The molecular weight excluding hydrogens is 739 g/mol. The molecule has 0 spiro atoms. The summed E-state index contributed by atoms with van der Waals surface area (Å²) in [5, 5.41) is 20.3. The number of piperidine rings is 2. The number of nitrogens with zero attached hydrogens (tertiary/aromatic N) is 8. The Bertz CT molecular complexity index is 2130. The van der Waals surface area contributed by atoms with E-state index in [1.807, 2.05) is 4.68 Å². The average Bonchev–Trinajstić information content (AvgIpc) is 3.63. The van der Waals surface area contributed by atoms with Gasteiger partial charge in [0.15, 0.2) is 0 Å². The molecule has 16 heteroatoms. The molecule has 4 aromatic rings. The number of carbonyl (C=O) groups excluding carboxylic acids is 3. The van der Waals surface area contributed by atoms with Crippen molar-refractivity contribution < 1.29 is 23.5 Å². The third-order valence-electron chi connectivity index (χ3n) is 11.6. The normalized spacial score (nSPS) is 21.5. The number of aromatic nitrogens is 4. The van der Waals surface area contributed by atoms with Crippen LogP contribution in [0.3, 0.4) is 0 Å². The smallest absolute Gasteiger partial charge is 0.328 e. The molecule has 0 atom stereocenters. The van der Waals surface area contributed by atoms with Crippen LogP contribution in [0.4, 0.5) is 20.8 Å². The highest BCUT2D eigenvalue weighted by molar-refractivity contribution is 6.31. The Morgan fingerprint density at radius 3 is 2.41 bits per heavy atom. The van der Waals surface area contributed by atoms with Gasteiger partial charge in [-0.05, 0) is 81.5 Å². The SMILES string of the molecule is N#Cc1ccc(OC2CCC(NC(=O)c3cnc(N4CCC(CN5CCC(n6ncc7c(N8CCC(=O)NC8=O)cc(F)cc76)CC5)CC4)nc3)CC2)cc1Cl. The van der Waals surface area contributed by atoms with Gasteiger partial charge in [-0.15, -0.1) is 0 Å². The summed E-state index contributed by atoms with van der Waals surface area (Å²) in [4.78, 5) is 52.4. The zero-order chi connectivity index (χ0) is 38.8. The fraction of sp³-hybridized carbons (Fsp3) is 0.475. The van der Waals surface area contributed by atoms with Crippen molar-refractivity contribution in [3.63, 3.8) is 0 Å². The van der Waals surface area contributed by atoms with Crippen LogP contribution in [0, 0.1) is 23.1 Å². The summed E-state index contributed by atoms with van der Waals surface area (Å²) in [5.74, 6) is 0.887. The first-order chi connectivity index (χ1) is 27.2. The maximum atomic E-state index is 14.8. The van der Waals surface area contributed by atoms with E-state index in [4.69, 9.17) is 21.6 Å². The molecule has 3 aliphatic heterocycles. The summed E-state index contributed by atoms with van der Waals surface area (Å²) >= 11 is 6.15. The molecule has 1 saturated carbocycles. The van der Waals surface area contributed by atoms with Crippen molar-refractivity contribution in [2.24, 2.45) is 5.92 Å². The fourth-order valence-corrected chi connectivity index (χ4v) is 8.69. The Hall–Kier alpha value is -5.33. The zero-order valence-corrected chi connectivity index (χ0v) is 31.8. The van der Waals surface area contributed by atoms with Crippen molar-refractivity contribution in [2.45, 2.75) is 76.0 Å². The van der Waals surface area contributed by atoms with E-state index >= 15 is 0 Å². The van der Waals surface area contributed by atoms with Crippen LogP contribution in [0.2, 0.25) is 5.02 Å². The largest absolute Gasteiger partial charge is 0.490 e. The van der Waals surface area contributed by atoms with Crippen molar-refractivity contribution in [1.82, 2.24) is 35.3 Å². The van der Waals surface area contributed by atoms with Crippen LogP contribution in [0.1, 0.15) is 79.8 Å². The quantitative estimate of drug-likeness (QED) is 0.218. The van der Waals surface area contributed by atoms with Crippen molar-refractivity contribution >= 4 is 52.0 Å². The Balaban J connectivity index is 0.768. The number of nitriles is 1. The molecule has 4 fully saturated rings. The minimum absolute atomic E-state index is 0.0251. The number of fused-ring (bicyclic) bond motifs is 1. The molecular formula is C40H44ClFN10O4. The fourth-order valence-electron chi connectivity index (χ4n) is 8.48. The van der Waals surface area contributed by atoms with Crippen LogP contribution in [0.15, 0.2) is 48.9 Å². The molecule has 8 rings (SSSR count). The zero-order valence-electron chi connectivity index (χ0n) is 31.0. The van der Waals surface area contributed by atoms with Gasteiger partial charge in [-0.25, -0.2) is 19.2 Å². The second-order valence-corrected chi connectivity index (χ2v) is 15.7. The topological polar surface area (TPSA) is 162 Å². The molecule has 1 aliphatic carbocycles. The van der Waals surface area contributed by atoms with E-state index in [1.165, 1.54) is 17.0 Å². The first kappa shape index (κ1) is 37.6. The van der Waals surface area contributed by atoms with Crippen molar-refractivity contribution in [3.05, 3.63) is 70.9 Å². The van der Waals surface area contributed by atoms with E-state index in [-0.39, 0.29) is 43.0 Å². The van der Waals surface area contributed by atoms with Gasteiger partial charge in [0.2, 0.25) is 11.9 Å². The molecule has 14 nitrogen and oxygen atoms in total. The highest BCUT2D eigenvalue weighted by Gasteiger charge is 2.30. The lowest BCUT2D eigenvalue weighted by Gasteiger charge is -2.37. The molecule has 4 aliphatic rings.